The molecule has 0 bridgehead atoms. The summed E-state index contributed by atoms with van der Waals surface area (Å²) in [7, 11) is -1.23. The molecule has 0 spiro atoms. The molecule has 1 aliphatic heterocycles. The lowest BCUT2D eigenvalue weighted by atomic mass is 9.96. The Morgan fingerprint density at radius 3 is 2.86 bits per heavy atom. The number of rotatable bonds is 2. The van der Waals surface area contributed by atoms with Crippen LogP contribution >= 0.6 is 0 Å². The van der Waals surface area contributed by atoms with Crippen LogP contribution in [-0.2, 0) is 6.42 Å². The number of aromatic amines is 1. The number of para-hydroxylation sites is 1. The summed E-state index contributed by atoms with van der Waals surface area (Å²) >= 11 is 0. The summed E-state index contributed by atoms with van der Waals surface area (Å²) in [6.07, 6.45) is 3.20. The van der Waals surface area contributed by atoms with Gasteiger partial charge in [0.25, 0.3) is 0 Å². The summed E-state index contributed by atoms with van der Waals surface area (Å²) in [6, 6.07) is 9.07. The van der Waals surface area contributed by atoms with Crippen LogP contribution in [0.2, 0.25) is 19.6 Å². The average molecular weight is 296 g/mol. The Labute approximate surface area is 128 Å². The molecule has 2 heterocycles. The first-order chi connectivity index (χ1) is 10.0. The number of aromatic nitrogens is 1. The highest BCUT2D eigenvalue weighted by molar-refractivity contribution is 6.83. The lowest BCUT2D eigenvalue weighted by Crippen LogP contribution is -2.29. The van der Waals surface area contributed by atoms with E-state index in [0.717, 1.165) is 25.8 Å². The van der Waals surface area contributed by atoms with Gasteiger partial charge in [0.1, 0.15) is 8.07 Å². The first-order valence-electron chi connectivity index (χ1n) is 7.87. The van der Waals surface area contributed by atoms with Crippen molar-refractivity contribution in [3.8, 4) is 11.5 Å². The van der Waals surface area contributed by atoms with Crippen molar-refractivity contribution in [2.45, 2.75) is 44.9 Å². The van der Waals surface area contributed by atoms with Crippen LogP contribution in [0.4, 0.5) is 0 Å². The fourth-order valence-corrected chi connectivity index (χ4v) is 3.71. The van der Waals surface area contributed by atoms with E-state index in [1.54, 1.807) is 0 Å². The van der Waals surface area contributed by atoms with Crippen LogP contribution in [0.1, 0.15) is 30.1 Å². The molecule has 0 saturated heterocycles. The van der Waals surface area contributed by atoms with Crippen LogP contribution in [0.25, 0.3) is 10.9 Å². The Bertz CT molecular complexity index is 697. The van der Waals surface area contributed by atoms with Gasteiger partial charge in [0, 0.05) is 29.1 Å². The third-order valence-electron chi connectivity index (χ3n) is 3.98. The normalized spacial score (nSPS) is 18.1. The molecule has 2 aromatic rings. The maximum atomic E-state index is 3.65. The lowest BCUT2D eigenvalue weighted by molar-refractivity contribution is 0.474. The highest BCUT2D eigenvalue weighted by Gasteiger charge is 2.22. The summed E-state index contributed by atoms with van der Waals surface area (Å²) in [5, 5.41) is 5.04. The van der Waals surface area contributed by atoms with Crippen LogP contribution in [0.3, 0.4) is 0 Å². The highest BCUT2D eigenvalue weighted by atomic mass is 28.3. The van der Waals surface area contributed by atoms with E-state index in [1.165, 1.54) is 22.2 Å². The zero-order chi connectivity index (χ0) is 14.9. The third-order valence-corrected chi connectivity index (χ3v) is 4.91. The molecule has 0 radical (unpaired) electrons. The van der Waals surface area contributed by atoms with Gasteiger partial charge in [-0.25, -0.2) is 0 Å². The van der Waals surface area contributed by atoms with E-state index in [2.05, 4.69) is 65.7 Å². The van der Waals surface area contributed by atoms with Crippen LogP contribution in [-0.4, -0.2) is 19.6 Å². The van der Waals surface area contributed by atoms with Crippen molar-refractivity contribution in [1.29, 1.82) is 0 Å². The number of H-pyrrole nitrogens is 1. The van der Waals surface area contributed by atoms with Crippen LogP contribution in [0, 0.1) is 11.5 Å². The van der Waals surface area contributed by atoms with E-state index >= 15 is 0 Å². The molecule has 0 amide bonds. The number of nitrogens with one attached hydrogen (secondary N) is 2. The minimum atomic E-state index is -1.23. The Hall–Kier alpha value is -1.50. The molecule has 21 heavy (non-hydrogen) atoms. The van der Waals surface area contributed by atoms with Gasteiger partial charge in [0.15, 0.2) is 0 Å². The smallest absolute Gasteiger partial charge is 0.129 e. The third kappa shape index (κ3) is 3.23. The van der Waals surface area contributed by atoms with Crippen LogP contribution in [0.5, 0.6) is 0 Å². The molecule has 0 saturated carbocycles. The first-order valence-corrected chi connectivity index (χ1v) is 11.4. The Morgan fingerprint density at radius 1 is 1.24 bits per heavy atom. The fraction of sp³-hybridized carbons (Fsp3) is 0.444. The predicted octanol–water partition coefficient (Wildman–Crippen LogP) is 4.02. The Morgan fingerprint density at radius 2 is 2.05 bits per heavy atom. The van der Waals surface area contributed by atoms with Crippen molar-refractivity contribution in [3.05, 3.63) is 35.5 Å². The second kappa shape index (κ2) is 5.71. The molecular weight excluding hydrogens is 272 g/mol. The molecule has 1 aromatic heterocycles. The summed E-state index contributed by atoms with van der Waals surface area (Å²) in [6.45, 7) is 7.97. The summed E-state index contributed by atoms with van der Waals surface area (Å²) < 4.78 is 0. The molecule has 110 valence electrons. The predicted molar refractivity (Wildman–Crippen MR) is 93.1 cm³/mol. The van der Waals surface area contributed by atoms with Gasteiger partial charge in [-0.15, -0.1) is 11.5 Å². The van der Waals surface area contributed by atoms with E-state index in [4.69, 9.17) is 0 Å². The molecule has 1 aromatic carbocycles. The van der Waals surface area contributed by atoms with Gasteiger partial charge in [-0.05, 0) is 31.0 Å². The van der Waals surface area contributed by atoms with E-state index in [9.17, 15) is 0 Å². The van der Waals surface area contributed by atoms with Crippen molar-refractivity contribution >= 4 is 19.0 Å². The molecular formula is C18H24N2Si. The van der Waals surface area contributed by atoms with E-state index in [-0.39, 0.29) is 0 Å². The number of benzene rings is 1. The van der Waals surface area contributed by atoms with Gasteiger partial charge < -0.3 is 10.3 Å². The van der Waals surface area contributed by atoms with Crippen LogP contribution in [0.15, 0.2) is 24.3 Å². The lowest BCUT2D eigenvalue weighted by Gasteiger charge is -2.23. The fourth-order valence-electron chi connectivity index (χ4n) is 3.05. The molecule has 1 atom stereocenters. The zero-order valence-electron chi connectivity index (χ0n) is 13.2. The SMILES string of the molecule is C[Si](C)(C)C#CCCC1NCCc2c1[nH]c1ccccc21. The van der Waals surface area contributed by atoms with Crippen LogP contribution < -0.4 is 5.32 Å². The molecule has 2 nitrogen and oxygen atoms in total. The van der Waals surface area contributed by atoms with E-state index in [0.29, 0.717) is 6.04 Å². The largest absolute Gasteiger partial charge is 0.357 e. The Kier molecular flexibility index (Phi) is 3.92. The quantitative estimate of drug-likeness (QED) is 0.636. The van der Waals surface area contributed by atoms with Gasteiger partial charge in [-0.1, -0.05) is 37.8 Å². The first kappa shape index (κ1) is 14.4. The summed E-state index contributed by atoms with van der Waals surface area (Å²) in [4.78, 5) is 3.62. The van der Waals surface area contributed by atoms with Crippen molar-refractivity contribution in [1.82, 2.24) is 10.3 Å². The van der Waals surface area contributed by atoms with Gasteiger partial charge in [0.2, 0.25) is 0 Å². The van der Waals surface area contributed by atoms with Crippen molar-refractivity contribution in [2.24, 2.45) is 0 Å². The van der Waals surface area contributed by atoms with Crippen molar-refractivity contribution in [2.75, 3.05) is 6.54 Å². The zero-order valence-corrected chi connectivity index (χ0v) is 14.2. The highest BCUT2D eigenvalue weighted by Crippen LogP contribution is 2.31. The number of hydrogen-bond donors (Lipinski definition) is 2. The molecule has 0 fully saturated rings. The molecule has 1 aliphatic rings. The minimum Gasteiger partial charge on any atom is -0.357 e. The molecule has 2 N–H and O–H groups in total. The molecule has 3 rings (SSSR count). The monoisotopic (exact) mass is 296 g/mol. The molecule has 1 unspecified atom stereocenters. The van der Waals surface area contributed by atoms with Crippen molar-refractivity contribution in [3.63, 3.8) is 0 Å². The maximum absolute atomic E-state index is 3.65. The van der Waals surface area contributed by atoms with Gasteiger partial charge in [0.05, 0.1) is 0 Å². The summed E-state index contributed by atoms with van der Waals surface area (Å²) in [5.41, 5.74) is 7.62. The molecule has 0 aliphatic carbocycles. The number of fused-ring (bicyclic) bond motifs is 3. The number of hydrogen-bond acceptors (Lipinski definition) is 1. The minimum absolute atomic E-state index is 0.428. The second-order valence-corrected chi connectivity index (χ2v) is 11.7. The average Bonchev–Trinajstić information content (AvgIpc) is 2.82. The van der Waals surface area contributed by atoms with Crippen molar-refractivity contribution < 1.29 is 0 Å². The standard InChI is InChI=1S/C18H24N2Si/c1-21(2,3)13-7-6-10-17-18-15(11-12-19-17)14-8-4-5-9-16(14)20-18/h4-5,8-9,17,19-20H,6,10-12H2,1-3H3. The van der Waals surface area contributed by atoms with E-state index in [1.807, 2.05) is 0 Å². The Balaban J connectivity index is 1.79. The van der Waals surface area contributed by atoms with Gasteiger partial charge >= 0.3 is 0 Å². The molecule has 3 heteroatoms. The van der Waals surface area contributed by atoms with E-state index < -0.39 is 8.07 Å². The topological polar surface area (TPSA) is 27.8 Å². The maximum Gasteiger partial charge on any atom is 0.129 e. The summed E-state index contributed by atoms with van der Waals surface area (Å²) in [5.74, 6) is 3.40. The van der Waals surface area contributed by atoms with Gasteiger partial charge in [-0.2, -0.15) is 0 Å². The second-order valence-electron chi connectivity index (χ2n) is 6.91. The van der Waals surface area contributed by atoms with Gasteiger partial charge in [-0.3, -0.25) is 0 Å².